The highest BCUT2D eigenvalue weighted by molar-refractivity contribution is 5.71. The number of rotatable bonds is 56. The minimum absolute atomic E-state index is 0.0615. The number of carbonyl (C=O) groups excluding carboxylic acids is 3. The van der Waals surface area contributed by atoms with E-state index >= 15 is 0 Å². The molecule has 0 N–H and O–H groups in total. The third-order valence-corrected chi connectivity index (χ3v) is 14.0. The van der Waals surface area contributed by atoms with Crippen molar-refractivity contribution in [3.8, 4) is 0 Å². The lowest BCUT2D eigenvalue weighted by Gasteiger charge is -2.18. The Balaban J connectivity index is 4.29. The molecule has 0 radical (unpaired) electrons. The first-order valence-electron chi connectivity index (χ1n) is 30.4. The van der Waals surface area contributed by atoms with E-state index in [9.17, 15) is 14.4 Å². The number of carbonyl (C=O) groups is 3. The molecule has 1 atom stereocenters. The van der Waals surface area contributed by atoms with Crippen LogP contribution in [0.4, 0.5) is 0 Å². The van der Waals surface area contributed by atoms with Gasteiger partial charge < -0.3 is 14.2 Å². The van der Waals surface area contributed by atoms with Crippen molar-refractivity contribution >= 4 is 17.9 Å². The van der Waals surface area contributed by atoms with Crippen LogP contribution in [0.3, 0.4) is 0 Å². The molecule has 0 rings (SSSR count). The van der Waals surface area contributed by atoms with Gasteiger partial charge in [-0.3, -0.25) is 14.4 Å². The van der Waals surface area contributed by atoms with E-state index in [-0.39, 0.29) is 31.1 Å². The molecule has 398 valence electrons. The van der Waals surface area contributed by atoms with Crippen molar-refractivity contribution in [2.24, 2.45) is 5.92 Å². The zero-order valence-corrected chi connectivity index (χ0v) is 45.9. The molecule has 0 aliphatic carbocycles. The molecule has 0 unspecified atom stereocenters. The zero-order chi connectivity index (χ0) is 48.8. The molecule has 0 aromatic heterocycles. The van der Waals surface area contributed by atoms with Gasteiger partial charge in [0.15, 0.2) is 6.10 Å². The van der Waals surface area contributed by atoms with Crippen LogP contribution in [0.15, 0.2) is 0 Å². The molecule has 0 aromatic rings. The van der Waals surface area contributed by atoms with Crippen molar-refractivity contribution in [1.82, 2.24) is 0 Å². The number of ether oxygens (including phenoxy) is 3. The Hall–Kier alpha value is -1.59. The van der Waals surface area contributed by atoms with Crippen LogP contribution in [0.25, 0.3) is 0 Å². The lowest BCUT2D eigenvalue weighted by molar-refractivity contribution is -0.167. The van der Waals surface area contributed by atoms with Crippen molar-refractivity contribution in [2.45, 2.75) is 355 Å². The van der Waals surface area contributed by atoms with Gasteiger partial charge in [0.2, 0.25) is 0 Å². The molecular formula is C61H118O6. The van der Waals surface area contributed by atoms with E-state index in [4.69, 9.17) is 14.2 Å². The van der Waals surface area contributed by atoms with Gasteiger partial charge in [-0.15, -0.1) is 0 Å². The maximum atomic E-state index is 12.9. The maximum absolute atomic E-state index is 12.9. The van der Waals surface area contributed by atoms with Crippen molar-refractivity contribution in [3.05, 3.63) is 0 Å². The van der Waals surface area contributed by atoms with Gasteiger partial charge in [0.25, 0.3) is 0 Å². The van der Waals surface area contributed by atoms with E-state index in [0.29, 0.717) is 19.3 Å². The summed E-state index contributed by atoms with van der Waals surface area (Å²) in [6.45, 7) is 9.08. The molecule has 0 aliphatic rings. The van der Waals surface area contributed by atoms with Crippen molar-refractivity contribution in [3.63, 3.8) is 0 Å². The normalized spacial score (nSPS) is 12.0. The predicted octanol–water partition coefficient (Wildman–Crippen LogP) is 20.2. The molecule has 0 aliphatic heterocycles. The number of hydrogen-bond acceptors (Lipinski definition) is 6. The topological polar surface area (TPSA) is 78.9 Å². The van der Waals surface area contributed by atoms with Gasteiger partial charge in [0.1, 0.15) is 13.2 Å². The standard InChI is InChI=1S/C61H118O6/c1-5-7-9-11-13-15-17-19-21-23-25-29-33-37-41-45-49-53-60(63)66-56-58(67-61(64)54-50-46-42-38-34-30-26-27-31-35-39-43-47-51-57(3)4)55-65-59(62)52-48-44-40-36-32-28-24-22-20-18-16-14-12-10-8-6-2/h57-58H,5-56H2,1-4H3/t58-/m1/s1. The number of esters is 3. The third-order valence-electron chi connectivity index (χ3n) is 14.0. The summed E-state index contributed by atoms with van der Waals surface area (Å²) < 4.78 is 16.9. The molecule has 0 saturated carbocycles. The first-order chi connectivity index (χ1) is 32.9. The second-order valence-electron chi connectivity index (χ2n) is 21.5. The molecule has 6 nitrogen and oxygen atoms in total. The summed E-state index contributed by atoms with van der Waals surface area (Å²) in [7, 11) is 0. The first kappa shape index (κ1) is 65.4. The van der Waals surface area contributed by atoms with Crippen LogP contribution in [0, 0.1) is 5.92 Å². The minimum atomic E-state index is -0.762. The Morgan fingerprint density at radius 1 is 0.284 bits per heavy atom. The van der Waals surface area contributed by atoms with E-state index in [1.165, 1.54) is 244 Å². The van der Waals surface area contributed by atoms with Crippen LogP contribution < -0.4 is 0 Å². The smallest absolute Gasteiger partial charge is 0.306 e. The van der Waals surface area contributed by atoms with Crippen molar-refractivity contribution in [2.75, 3.05) is 13.2 Å². The quantitative estimate of drug-likeness (QED) is 0.0343. The molecule has 0 spiro atoms. The molecule has 6 heteroatoms. The second-order valence-corrected chi connectivity index (χ2v) is 21.5. The van der Waals surface area contributed by atoms with E-state index in [2.05, 4.69) is 27.7 Å². The van der Waals surface area contributed by atoms with Crippen LogP contribution in [-0.4, -0.2) is 37.2 Å². The molecular weight excluding hydrogens is 829 g/mol. The van der Waals surface area contributed by atoms with Gasteiger partial charge in [0.05, 0.1) is 0 Å². The van der Waals surface area contributed by atoms with E-state index < -0.39 is 6.10 Å². The number of unbranched alkanes of at least 4 members (excludes halogenated alkanes) is 43. The van der Waals surface area contributed by atoms with E-state index in [1.807, 2.05) is 0 Å². The van der Waals surface area contributed by atoms with Crippen LogP contribution in [0.2, 0.25) is 0 Å². The first-order valence-corrected chi connectivity index (χ1v) is 30.4. The van der Waals surface area contributed by atoms with Crippen LogP contribution in [-0.2, 0) is 28.6 Å². The molecule has 0 bridgehead atoms. The average molecular weight is 948 g/mol. The summed E-state index contributed by atoms with van der Waals surface area (Å²) in [5, 5.41) is 0. The summed E-state index contributed by atoms with van der Waals surface area (Å²) in [4.78, 5) is 38.2. The van der Waals surface area contributed by atoms with Crippen LogP contribution in [0.1, 0.15) is 349 Å². The van der Waals surface area contributed by atoms with Gasteiger partial charge in [-0.1, -0.05) is 310 Å². The molecule has 0 amide bonds. The Kier molecular flexibility index (Phi) is 54.0. The zero-order valence-electron chi connectivity index (χ0n) is 45.9. The van der Waals surface area contributed by atoms with Crippen LogP contribution in [0.5, 0.6) is 0 Å². The monoisotopic (exact) mass is 947 g/mol. The molecule has 67 heavy (non-hydrogen) atoms. The summed E-state index contributed by atoms with van der Waals surface area (Å²) in [5.74, 6) is 0.00709. The summed E-state index contributed by atoms with van der Waals surface area (Å²) >= 11 is 0. The van der Waals surface area contributed by atoms with E-state index in [1.54, 1.807) is 0 Å². The Morgan fingerprint density at radius 3 is 0.731 bits per heavy atom. The largest absolute Gasteiger partial charge is 0.462 e. The summed E-state index contributed by atoms with van der Waals surface area (Å²) in [6, 6.07) is 0. The fourth-order valence-electron chi connectivity index (χ4n) is 9.46. The molecule has 0 saturated heterocycles. The minimum Gasteiger partial charge on any atom is -0.462 e. The maximum Gasteiger partial charge on any atom is 0.306 e. The lowest BCUT2D eigenvalue weighted by Crippen LogP contribution is -2.30. The van der Waals surface area contributed by atoms with Crippen molar-refractivity contribution < 1.29 is 28.6 Å². The molecule has 0 fully saturated rings. The van der Waals surface area contributed by atoms with Gasteiger partial charge in [0, 0.05) is 19.3 Å². The Bertz CT molecular complexity index is 1010. The third kappa shape index (κ3) is 55.2. The van der Waals surface area contributed by atoms with Gasteiger partial charge >= 0.3 is 17.9 Å². The fraction of sp³-hybridized carbons (Fsp3) is 0.951. The highest BCUT2D eigenvalue weighted by atomic mass is 16.6. The summed E-state index contributed by atoms with van der Waals surface area (Å²) in [5.41, 5.74) is 0. The summed E-state index contributed by atoms with van der Waals surface area (Å²) in [6.07, 6.45) is 60.9. The molecule has 0 heterocycles. The highest BCUT2D eigenvalue weighted by Gasteiger charge is 2.19. The Labute approximate surface area is 418 Å². The van der Waals surface area contributed by atoms with Crippen molar-refractivity contribution in [1.29, 1.82) is 0 Å². The van der Waals surface area contributed by atoms with Gasteiger partial charge in [-0.05, 0) is 25.2 Å². The molecule has 0 aromatic carbocycles. The van der Waals surface area contributed by atoms with Gasteiger partial charge in [-0.25, -0.2) is 0 Å². The predicted molar refractivity (Wildman–Crippen MR) is 289 cm³/mol. The average Bonchev–Trinajstić information content (AvgIpc) is 3.31. The SMILES string of the molecule is CCCCCCCCCCCCCCCCCCCC(=O)OC[C@@H](COC(=O)CCCCCCCCCCCCCCCCCC)OC(=O)CCCCCCCCCCCCCCCC(C)C. The highest BCUT2D eigenvalue weighted by Crippen LogP contribution is 2.18. The van der Waals surface area contributed by atoms with Gasteiger partial charge in [-0.2, -0.15) is 0 Å². The second kappa shape index (κ2) is 55.3. The lowest BCUT2D eigenvalue weighted by atomic mass is 10.0. The van der Waals surface area contributed by atoms with Crippen LogP contribution >= 0.6 is 0 Å². The Morgan fingerprint density at radius 2 is 0.493 bits per heavy atom. The fourth-order valence-corrected chi connectivity index (χ4v) is 9.46. The number of hydrogen-bond donors (Lipinski definition) is 0. The van der Waals surface area contributed by atoms with E-state index in [0.717, 1.165) is 63.7 Å².